The first-order valence-electron chi connectivity index (χ1n) is 8.24. The zero-order valence-corrected chi connectivity index (χ0v) is 17.0. The number of methoxy groups -OCH3 is 1. The first kappa shape index (κ1) is 20.0. The Kier molecular flexibility index (Phi) is 5.76. The summed E-state index contributed by atoms with van der Waals surface area (Å²) < 4.78 is 5.26. The van der Waals surface area contributed by atoms with Gasteiger partial charge in [-0.2, -0.15) is 0 Å². The number of aliphatic imine (C=N–C) groups is 1. The van der Waals surface area contributed by atoms with Crippen LogP contribution in [0, 0.1) is 6.92 Å². The van der Waals surface area contributed by atoms with Crippen LogP contribution in [-0.2, 0) is 4.79 Å². The van der Waals surface area contributed by atoms with Crippen LogP contribution in [0.5, 0.6) is 5.75 Å². The lowest BCUT2D eigenvalue weighted by Gasteiger charge is -2.07. The predicted octanol–water partition coefficient (Wildman–Crippen LogP) is 4.59. The molecule has 0 radical (unpaired) electrons. The van der Waals surface area contributed by atoms with Crippen LogP contribution in [0.15, 0.2) is 46.3 Å². The van der Waals surface area contributed by atoms with E-state index in [4.69, 9.17) is 16.3 Å². The summed E-state index contributed by atoms with van der Waals surface area (Å²) in [5.41, 5.74) is 2.22. The van der Waals surface area contributed by atoms with E-state index < -0.39 is 5.97 Å². The second-order valence-electron chi connectivity index (χ2n) is 6.07. The number of amides is 1. The molecule has 0 atom stereocenters. The summed E-state index contributed by atoms with van der Waals surface area (Å²) in [5.74, 6) is -0.528. The summed E-state index contributed by atoms with van der Waals surface area (Å²) in [6.07, 6.45) is 1.79. The fraction of sp³-hybridized carbons (Fsp3) is 0.150. The van der Waals surface area contributed by atoms with Gasteiger partial charge in [-0.25, -0.2) is 9.79 Å². The number of likely N-dealkylation sites (N-methyl/N-ethyl adjacent to an activating group) is 1. The second-order valence-corrected chi connectivity index (χ2v) is 7.48. The fourth-order valence-electron chi connectivity index (χ4n) is 2.65. The van der Waals surface area contributed by atoms with Gasteiger partial charge in [0, 0.05) is 7.05 Å². The maximum Gasteiger partial charge on any atom is 0.337 e. The molecule has 0 saturated carbocycles. The summed E-state index contributed by atoms with van der Waals surface area (Å²) in [7, 11) is 3.24. The van der Waals surface area contributed by atoms with E-state index in [9.17, 15) is 14.7 Å². The third-order valence-electron chi connectivity index (χ3n) is 4.13. The first-order valence-corrected chi connectivity index (χ1v) is 9.43. The summed E-state index contributed by atoms with van der Waals surface area (Å²) in [6, 6.07) is 10.1. The Labute approximate surface area is 171 Å². The molecule has 8 heteroatoms. The molecule has 2 aromatic carbocycles. The Bertz CT molecular complexity index is 1030. The van der Waals surface area contributed by atoms with Gasteiger partial charge in [-0.15, -0.1) is 0 Å². The van der Waals surface area contributed by atoms with Crippen molar-refractivity contribution in [1.82, 2.24) is 4.90 Å². The van der Waals surface area contributed by atoms with Crippen LogP contribution in [0.2, 0.25) is 5.02 Å². The maximum atomic E-state index is 12.6. The Balaban J connectivity index is 1.91. The van der Waals surface area contributed by atoms with E-state index in [-0.39, 0.29) is 16.5 Å². The average molecular weight is 417 g/mol. The number of carboxylic acids is 1. The number of hydrogen-bond acceptors (Lipinski definition) is 5. The first-order chi connectivity index (χ1) is 13.3. The molecule has 1 saturated heterocycles. The number of carbonyl (C=O) groups excluding carboxylic acids is 1. The molecule has 6 nitrogen and oxygen atoms in total. The van der Waals surface area contributed by atoms with Crippen LogP contribution in [0.25, 0.3) is 6.08 Å². The van der Waals surface area contributed by atoms with Crippen LogP contribution < -0.4 is 4.74 Å². The van der Waals surface area contributed by atoms with Crippen molar-refractivity contribution in [2.45, 2.75) is 6.92 Å². The van der Waals surface area contributed by atoms with Gasteiger partial charge in [0.2, 0.25) is 0 Å². The largest absolute Gasteiger partial charge is 0.496 e. The molecular weight excluding hydrogens is 400 g/mol. The third-order valence-corrected chi connectivity index (χ3v) is 5.52. The van der Waals surface area contributed by atoms with E-state index in [0.717, 1.165) is 16.9 Å². The summed E-state index contributed by atoms with van der Waals surface area (Å²) >= 11 is 7.12. The van der Waals surface area contributed by atoms with E-state index in [1.807, 2.05) is 25.1 Å². The Morgan fingerprint density at radius 1 is 1.29 bits per heavy atom. The quantitative estimate of drug-likeness (QED) is 0.737. The number of aryl methyl sites for hydroxylation is 1. The van der Waals surface area contributed by atoms with Crippen molar-refractivity contribution in [3.05, 3.63) is 63.0 Å². The van der Waals surface area contributed by atoms with Crippen LogP contribution in [0.4, 0.5) is 5.69 Å². The number of carbonyl (C=O) groups is 2. The third kappa shape index (κ3) is 4.05. The molecule has 1 aliphatic heterocycles. The highest BCUT2D eigenvalue weighted by molar-refractivity contribution is 8.18. The maximum absolute atomic E-state index is 12.6. The molecule has 1 N–H and O–H groups in total. The van der Waals surface area contributed by atoms with E-state index in [1.165, 1.54) is 28.8 Å². The number of carboxylic acid groups (broad SMARTS) is 1. The molecular formula is C20H17ClN2O4S. The highest BCUT2D eigenvalue weighted by atomic mass is 35.5. The molecule has 0 aromatic heterocycles. The zero-order valence-electron chi connectivity index (χ0n) is 15.4. The number of halogens is 1. The number of benzene rings is 2. The number of ether oxygens (including phenoxy) is 1. The van der Waals surface area contributed by atoms with Crippen LogP contribution in [0.3, 0.4) is 0 Å². The topological polar surface area (TPSA) is 79.2 Å². The smallest absolute Gasteiger partial charge is 0.337 e. The molecule has 1 amide bonds. The van der Waals surface area contributed by atoms with Gasteiger partial charge in [-0.1, -0.05) is 17.7 Å². The van der Waals surface area contributed by atoms with E-state index in [1.54, 1.807) is 26.3 Å². The molecule has 1 heterocycles. The SMILES string of the molecule is COc1ccc(/C=C2\SC(=Nc3ccc(Cl)c(C(=O)O)c3)N(C)C2=O)cc1C. The van der Waals surface area contributed by atoms with Gasteiger partial charge in [0.25, 0.3) is 5.91 Å². The molecule has 0 aliphatic carbocycles. The molecule has 0 bridgehead atoms. The molecule has 2 aromatic rings. The standard InChI is InChI=1S/C20H17ClN2O4S/c1-11-8-12(4-7-16(11)27-3)9-17-18(24)23(2)20(28-17)22-13-5-6-15(21)14(10-13)19(25)26/h4-10H,1-3H3,(H,25,26)/b17-9-,22-20?. The van der Waals surface area contributed by atoms with Crippen LogP contribution >= 0.6 is 23.4 Å². The molecule has 0 unspecified atom stereocenters. The molecule has 0 spiro atoms. The lowest BCUT2D eigenvalue weighted by atomic mass is 10.1. The monoisotopic (exact) mass is 416 g/mol. The summed E-state index contributed by atoms with van der Waals surface area (Å²) in [4.78, 5) is 30.2. The molecule has 28 heavy (non-hydrogen) atoms. The van der Waals surface area contributed by atoms with Crippen molar-refractivity contribution in [2.75, 3.05) is 14.2 Å². The van der Waals surface area contributed by atoms with Gasteiger partial charge < -0.3 is 9.84 Å². The van der Waals surface area contributed by atoms with Crippen molar-refractivity contribution < 1.29 is 19.4 Å². The van der Waals surface area contributed by atoms with Crippen molar-refractivity contribution >= 4 is 52.2 Å². The number of rotatable bonds is 4. The molecule has 1 aliphatic rings. The van der Waals surface area contributed by atoms with Crippen molar-refractivity contribution in [2.24, 2.45) is 4.99 Å². The number of hydrogen-bond donors (Lipinski definition) is 1. The number of thioether (sulfide) groups is 1. The van der Waals surface area contributed by atoms with Crippen LogP contribution in [-0.4, -0.2) is 41.2 Å². The average Bonchev–Trinajstić information content (AvgIpc) is 2.91. The van der Waals surface area contributed by atoms with Crippen molar-refractivity contribution in [3.63, 3.8) is 0 Å². The van der Waals surface area contributed by atoms with Gasteiger partial charge in [0.1, 0.15) is 5.75 Å². The van der Waals surface area contributed by atoms with Gasteiger partial charge in [0.15, 0.2) is 5.17 Å². The lowest BCUT2D eigenvalue weighted by Crippen LogP contribution is -2.23. The van der Waals surface area contributed by atoms with Crippen molar-refractivity contribution in [1.29, 1.82) is 0 Å². The van der Waals surface area contributed by atoms with Gasteiger partial charge >= 0.3 is 5.97 Å². The van der Waals surface area contributed by atoms with Gasteiger partial charge in [-0.3, -0.25) is 9.69 Å². The minimum atomic E-state index is -1.13. The highest BCUT2D eigenvalue weighted by Gasteiger charge is 2.30. The van der Waals surface area contributed by atoms with E-state index >= 15 is 0 Å². The number of amidine groups is 1. The van der Waals surface area contributed by atoms with Gasteiger partial charge in [-0.05, 0) is 66.2 Å². The van der Waals surface area contributed by atoms with E-state index in [2.05, 4.69) is 4.99 Å². The number of aromatic carboxylic acids is 1. The van der Waals surface area contributed by atoms with Crippen molar-refractivity contribution in [3.8, 4) is 5.75 Å². The minimum Gasteiger partial charge on any atom is -0.496 e. The minimum absolute atomic E-state index is 0.0371. The number of nitrogens with zero attached hydrogens (tertiary/aromatic N) is 2. The summed E-state index contributed by atoms with van der Waals surface area (Å²) in [6.45, 7) is 1.93. The second kappa shape index (κ2) is 8.08. The normalized spacial score (nSPS) is 16.9. The molecule has 144 valence electrons. The fourth-order valence-corrected chi connectivity index (χ4v) is 3.84. The Morgan fingerprint density at radius 3 is 2.68 bits per heavy atom. The summed E-state index contributed by atoms with van der Waals surface area (Å²) in [5, 5.41) is 9.78. The lowest BCUT2D eigenvalue weighted by molar-refractivity contribution is -0.121. The zero-order chi connectivity index (χ0) is 20.4. The van der Waals surface area contributed by atoms with E-state index in [0.29, 0.717) is 15.8 Å². The molecule has 1 fully saturated rings. The Morgan fingerprint density at radius 2 is 2.04 bits per heavy atom. The highest BCUT2D eigenvalue weighted by Crippen LogP contribution is 2.34. The molecule has 3 rings (SSSR count). The van der Waals surface area contributed by atoms with Crippen LogP contribution in [0.1, 0.15) is 21.5 Å². The van der Waals surface area contributed by atoms with Gasteiger partial charge in [0.05, 0.1) is 28.3 Å². The Hall–Kier alpha value is -2.77. The predicted molar refractivity (Wildman–Crippen MR) is 112 cm³/mol.